The molecule has 0 radical (unpaired) electrons. The number of nitrogens with one attached hydrogen (secondary N) is 1. The van der Waals surface area contributed by atoms with E-state index in [1.54, 1.807) is 0 Å². The van der Waals surface area contributed by atoms with Crippen LogP contribution in [0.2, 0.25) is 0 Å². The van der Waals surface area contributed by atoms with E-state index < -0.39 is 0 Å². The van der Waals surface area contributed by atoms with Crippen LogP contribution >= 0.6 is 0 Å². The Hall–Kier alpha value is -2.36. The Bertz CT molecular complexity index is 950. The van der Waals surface area contributed by atoms with Crippen molar-refractivity contribution >= 4 is 11.0 Å². The number of aromatic hydroxyl groups is 1. The van der Waals surface area contributed by atoms with Crippen molar-refractivity contribution in [3.05, 3.63) is 41.1 Å². The highest BCUT2D eigenvalue weighted by Gasteiger charge is 2.27. The van der Waals surface area contributed by atoms with Crippen molar-refractivity contribution in [2.45, 2.75) is 72.1 Å². The van der Waals surface area contributed by atoms with E-state index in [4.69, 9.17) is 0 Å². The smallest absolute Gasteiger partial charge is 0.181 e. The first-order valence-corrected chi connectivity index (χ1v) is 9.63. The highest BCUT2D eigenvalue weighted by Crippen LogP contribution is 2.42. The Balaban J connectivity index is 2.27. The van der Waals surface area contributed by atoms with E-state index >= 15 is 0 Å². The maximum Gasteiger partial charge on any atom is 0.181 e. The van der Waals surface area contributed by atoms with E-state index in [0.717, 1.165) is 39.1 Å². The molecule has 0 aliphatic carbocycles. The SMILES string of the molecule is CC(C)c1ccc2c(-c3cc(C(C)(C)C)c(O)c(C(C)(C)C)c3)[nH]nc2n1. The molecule has 3 rings (SSSR count). The third-order valence-electron chi connectivity index (χ3n) is 5.05. The van der Waals surface area contributed by atoms with Gasteiger partial charge in [-0.1, -0.05) is 55.4 Å². The number of benzene rings is 1. The number of pyridine rings is 1. The van der Waals surface area contributed by atoms with Gasteiger partial charge in [0, 0.05) is 27.8 Å². The van der Waals surface area contributed by atoms with Gasteiger partial charge in [-0.3, -0.25) is 5.10 Å². The van der Waals surface area contributed by atoms with E-state index in [1.165, 1.54) is 0 Å². The van der Waals surface area contributed by atoms with Crippen molar-refractivity contribution in [2.75, 3.05) is 0 Å². The number of phenolic OH excluding ortho intramolecular Hbond substituents is 1. The van der Waals surface area contributed by atoms with Gasteiger partial charge < -0.3 is 5.11 Å². The average Bonchev–Trinajstić information content (AvgIpc) is 2.96. The van der Waals surface area contributed by atoms with Gasteiger partial charge in [0.25, 0.3) is 0 Å². The summed E-state index contributed by atoms with van der Waals surface area (Å²) < 4.78 is 0. The molecule has 27 heavy (non-hydrogen) atoms. The number of aromatic amines is 1. The molecule has 144 valence electrons. The third kappa shape index (κ3) is 3.58. The van der Waals surface area contributed by atoms with E-state index in [0.29, 0.717) is 11.7 Å². The van der Waals surface area contributed by atoms with E-state index in [1.807, 2.05) is 0 Å². The molecule has 0 atom stereocenters. The quantitative estimate of drug-likeness (QED) is 0.581. The minimum absolute atomic E-state index is 0.168. The Morgan fingerprint density at radius 2 is 1.48 bits per heavy atom. The summed E-state index contributed by atoms with van der Waals surface area (Å²) in [5, 5.41) is 19.6. The molecule has 2 N–H and O–H groups in total. The van der Waals surface area contributed by atoms with Crippen LogP contribution in [-0.4, -0.2) is 20.3 Å². The lowest BCUT2D eigenvalue weighted by Gasteiger charge is -2.28. The maximum atomic E-state index is 11.0. The van der Waals surface area contributed by atoms with E-state index in [9.17, 15) is 5.11 Å². The molecule has 0 spiro atoms. The second kappa shape index (κ2) is 6.36. The molecule has 3 aromatic rings. The first kappa shape index (κ1) is 19.4. The number of nitrogens with zero attached hydrogens (tertiary/aromatic N) is 2. The van der Waals surface area contributed by atoms with E-state index in [-0.39, 0.29) is 10.8 Å². The van der Waals surface area contributed by atoms with Crippen LogP contribution in [0, 0.1) is 0 Å². The van der Waals surface area contributed by atoms with Gasteiger partial charge in [-0.2, -0.15) is 5.10 Å². The fraction of sp³-hybridized carbons (Fsp3) is 0.478. The molecule has 4 heteroatoms. The number of hydrogen-bond donors (Lipinski definition) is 2. The van der Waals surface area contributed by atoms with Crippen LogP contribution in [-0.2, 0) is 10.8 Å². The zero-order valence-corrected chi connectivity index (χ0v) is 17.7. The van der Waals surface area contributed by atoms with Crippen LogP contribution in [0.4, 0.5) is 0 Å². The van der Waals surface area contributed by atoms with Gasteiger partial charge in [0.2, 0.25) is 0 Å². The number of hydrogen-bond acceptors (Lipinski definition) is 3. The number of rotatable bonds is 2. The van der Waals surface area contributed by atoms with Crippen LogP contribution in [0.1, 0.15) is 78.1 Å². The van der Waals surface area contributed by atoms with Crippen LogP contribution in [0.25, 0.3) is 22.3 Å². The lowest BCUT2D eigenvalue weighted by atomic mass is 9.78. The predicted octanol–water partition coefficient (Wildman–Crippen LogP) is 6.05. The molecular formula is C23H31N3O. The molecule has 0 aliphatic heterocycles. The molecule has 0 saturated carbocycles. The molecule has 2 heterocycles. The maximum absolute atomic E-state index is 11.0. The van der Waals surface area contributed by atoms with Gasteiger partial charge >= 0.3 is 0 Å². The van der Waals surface area contributed by atoms with Gasteiger partial charge in [-0.25, -0.2) is 4.98 Å². The van der Waals surface area contributed by atoms with Crippen molar-refractivity contribution in [3.8, 4) is 17.0 Å². The first-order chi connectivity index (χ1) is 12.4. The van der Waals surface area contributed by atoms with Crippen molar-refractivity contribution in [3.63, 3.8) is 0 Å². The molecule has 0 fully saturated rings. The largest absolute Gasteiger partial charge is 0.507 e. The van der Waals surface area contributed by atoms with Crippen LogP contribution in [0.3, 0.4) is 0 Å². The second-order valence-corrected chi connectivity index (χ2v) is 9.78. The number of H-pyrrole nitrogens is 1. The normalized spacial score (nSPS) is 12.9. The first-order valence-electron chi connectivity index (χ1n) is 9.63. The molecule has 0 unspecified atom stereocenters. The Kier molecular flexibility index (Phi) is 4.57. The average molecular weight is 366 g/mol. The molecule has 1 aromatic carbocycles. The molecule has 0 aliphatic rings. The molecule has 4 nitrogen and oxygen atoms in total. The fourth-order valence-corrected chi connectivity index (χ4v) is 3.38. The number of fused-ring (bicyclic) bond motifs is 1. The summed E-state index contributed by atoms with van der Waals surface area (Å²) in [6.07, 6.45) is 0. The number of phenols is 1. The lowest BCUT2D eigenvalue weighted by Crippen LogP contribution is -2.17. The standard InChI is InChI=1S/C23H31N3O/c1-13(2)18-10-9-15-19(25-26-21(15)24-18)14-11-16(22(3,4)5)20(27)17(12-14)23(6,7)8/h9-13,27H,1-8H3,(H,24,25,26). The van der Waals surface area contributed by atoms with Crippen molar-refractivity contribution in [1.82, 2.24) is 15.2 Å². The Morgan fingerprint density at radius 3 is 1.96 bits per heavy atom. The van der Waals surface area contributed by atoms with Crippen molar-refractivity contribution in [1.29, 1.82) is 0 Å². The Morgan fingerprint density at radius 1 is 0.926 bits per heavy atom. The minimum Gasteiger partial charge on any atom is -0.507 e. The molecule has 2 aromatic heterocycles. The highest BCUT2D eigenvalue weighted by molar-refractivity contribution is 5.91. The van der Waals surface area contributed by atoms with Crippen LogP contribution in [0.5, 0.6) is 5.75 Å². The summed E-state index contributed by atoms with van der Waals surface area (Å²) >= 11 is 0. The van der Waals surface area contributed by atoms with Gasteiger partial charge in [0.1, 0.15) is 5.75 Å². The summed E-state index contributed by atoms with van der Waals surface area (Å²) in [6, 6.07) is 8.32. The third-order valence-corrected chi connectivity index (χ3v) is 5.05. The summed E-state index contributed by atoms with van der Waals surface area (Å²) in [6.45, 7) is 17.0. The Labute approximate surface area is 162 Å². The van der Waals surface area contributed by atoms with Crippen molar-refractivity contribution in [2.24, 2.45) is 0 Å². The van der Waals surface area contributed by atoms with Crippen molar-refractivity contribution < 1.29 is 5.11 Å². The van der Waals surface area contributed by atoms with Gasteiger partial charge in [0.15, 0.2) is 5.65 Å². The summed E-state index contributed by atoms with van der Waals surface area (Å²) in [5.41, 5.74) is 5.31. The highest BCUT2D eigenvalue weighted by atomic mass is 16.3. The van der Waals surface area contributed by atoms with Crippen LogP contribution < -0.4 is 0 Å². The van der Waals surface area contributed by atoms with Gasteiger partial charge in [-0.15, -0.1) is 0 Å². The van der Waals surface area contributed by atoms with Gasteiger partial charge in [-0.05, 0) is 41.0 Å². The molecular weight excluding hydrogens is 334 g/mol. The fourth-order valence-electron chi connectivity index (χ4n) is 3.38. The zero-order chi connectivity index (χ0) is 20.1. The topological polar surface area (TPSA) is 61.8 Å². The monoisotopic (exact) mass is 365 g/mol. The van der Waals surface area contributed by atoms with Crippen LogP contribution in [0.15, 0.2) is 24.3 Å². The molecule has 0 saturated heterocycles. The lowest BCUT2D eigenvalue weighted by molar-refractivity contribution is 0.423. The summed E-state index contributed by atoms with van der Waals surface area (Å²) in [4.78, 5) is 4.69. The summed E-state index contributed by atoms with van der Waals surface area (Å²) in [5.74, 6) is 0.756. The zero-order valence-electron chi connectivity index (χ0n) is 17.7. The van der Waals surface area contributed by atoms with Gasteiger partial charge in [0.05, 0.1) is 5.69 Å². The minimum atomic E-state index is -0.168. The molecule has 0 bridgehead atoms. The molecule has 0 amide bonds. The van der Waals surface area contributed by atoms with E-state index in [2.05, 4.69) is 94.8 Å². The predicted molar refractivity (Wildman–Crippen MR) is 112 cm³/mol. The number of aromatic nitrogens is 3. The summed E-state index contributed by atoms with van der Waals surface area (Å²) in [7, 11) is 0. The second-order valence-electron chi connectivity index (χ2n) is 9.78.